The van der Waals surface area contributed by atoms with Crippen LogP contribution < -0.4 is 0 Å². The molecule has 4 aliphatic rings. The molecule has 0 bridgehead atoms. The van der Waals surface area contributed by atoms with Gasteiger partial charge < -0.3 is 9.13 Å². The summed E-state index contributed by atoms with van der Waals surface area (Å²) >= 11 is 0. The van der Waals surface area contributed by atoms with Gasteiger partial charge in [-0.1, -0.05) is 117 Å². The summed E-state index contributed by atoms with van der Waals surface area (Å²) in [6.45, 7) is 4.90. The van der Waals surface area contributed by atoms with Gasteiger partial charge in [-0.2, -0.15) is 0 Å². The molecule has 2 heteroatoms. The second kappa shape index (κ2) is 9.96. The van der Waals surface area contributed by atoms with Gasteiger partial charge in [-0.3, -0.25) is 0 Å². The van der Waals surface area contributed by atoms with Crippen LogP contribution in [0, 0.1) is 23.2 Å². The molecule has 10 rings (SSSR count). The van der Waals surface area contributed by atoms with E-state index in [0.717, 1.165) is 12.8 Å². The normalized spacial score (nSPS) is 24.0. The Labute approximate surface area is 276 Å². The van der Waals surface area contributed by atoms with Crippen molar-refractivity contribution in [2.24, 2.45) is 23.2 Å². The third-order valence-corrected chi connectivity index (χ3v) is 11.9. The van der Waals surface area contributed by atoms with E-state index in [9.17, 15) is 0 Å². The van der Waals surface area contributed by atoms with Crippen molar-refractivity contribution in [3.05, 3.63) is 162 Å². The van der Waals surface area contributed by atoms with Gasteiger partial charge in [0.25, 0.3) is 0 Å². The highest BCUT2D eigenvalue weighted by Gasteiger charge is 2.50. The van der Waals surface area contributed by atoms with E-state index in [1.165, 1.54) is 60.9 Å². The van der Waals surface area contributed by atoms with E-state index < -0.39 is 0 Å². The predicted octanol–water partition coefficient (Wildman–Crippen LogP) is 11.3. The Balaban J connectivity index is 1.06. The number of allylic oxidation sites excluding steroid dienone is 9. The maximum absolute atomic E-state index is 2.59. The lowest BCUT2D eigenvalue weighted by Gasteiger charge is -2.29. The van der Waals surface area contributed by atoms with E-state index in [-0.39, 0.29) is 5.41 Å². The van der Waals surface area contributed by atoms with Gasteiger partial charge in [-0.05, 0) is 95.7 Å². The monoisotopic (exact) mass is 606 g/mol. The number of nitrogens with zero attached hydrogens (tertiary/aromatic N) is 2. The zero-order chi connectivity index (χ0) is 31.3. The van der Waals surface area contributed by atoms with Crippen LogP contribution in [0.5, 0.6) is 0 Å². The molecule has 0 saturated heterocycles. The zero-order valence-corrected chi connectivity index (χ0v) is 27.0. The second-order valence-corrected chi connectivity index (χ2v) is 14.5. The third-order valence-electron chi connectivity index (χ3n) is 11.9. The van der Waals surface area contributed by atoms with Gasteiger partial charge >= 0.3 is 0 Å². The quantitative estimate of drug-likeness (QED) is 0.190. The van der Waals surface area contributed by atoms with E-state index in [0.29, 0.717) is 23.7 Å². The molecule has 47 heavy (non-hydrogen) atoms. The fraction of sp³-hybridized carbons (Fsp3) is 0.200. The van der Waals surface area contributed by atoms with E-state index in [1.54, 1.807) is 5.57 Å². The highest BCUT2D eigenvalue weighted by Crippen LogP contribution is 2.59. The predicted molar refractivity (Wildman–Crippen MR) is 198 cm³/mol. The Morgan fingerprint density at radius 1 is 0.638 bits per heavy atom. The zero-order valence-electron chi connectivity index (χ0n) is 27.0. The number of para-hydroxylation sites is 3. The van der Waals surface area contributed by atoms with Crippen molar-refractivity contribution in [3.63, 3.8) is 0 Å². The molecule has 4 atom stereocenters. The topological polar surface area (TPSA) is 9.86 Å². The van der Waals surface area contributed by atoms with Crippen LogP contribution in [0.2, 0.25) is 0 Å². The molecule has 0 spiro atoms. The molecule has 2 aromatic heterocycles. The molecule has 4 aliphatic carbocycles. The molecule has 2 nitrogen and oxygen atoms in total. The van der Waals surface area contributed by atoms with Crippen molar-refractivity contribution in [1.29, 1.82) is 0 Å². The average molecular weight is 607 g/mol. The van der Waals surface area contributed by atoms with Gasteiger partial charge in [0, 0.05) is 39.2 Å². The molecule has 0 aliphatic heterocycles. The van der Waals surface area contributed by atoms with Crippen LogP contribution in [-0.4, -0.2) is 9.13 Å². The number of aromatic nitrogens is 2. The minimum atomic E-state index is 0.193. The van der Waals surface area contributed by atoms with Crippen molar-refractivity contribution in [2.75, 3.05) is 0 Å². The van der Waals surface area contributed by atoms with E-state index in [2.05, 4.69) is 169 Å². The molecular formula is C45H38N2. The van der Waals surface area contributed by atoms with Crippen LogP contribution in [0.3, 0.4) is 0 Å². The number of hydrogen-bond acceptors (Lipinski definition) is 0. The van der Waals surface area contributed by atoms with Crippen molar-refractivity contribution >= 4 is 44.5 Å². The summed E-state index contributed by atoms with van der Waals surface area (Å²) in [5.74, 6) is 2.03. The molecular weight excluding hydrogens is 569 g/mol. The largest absolute Gasteiger partial charge is 0.313 e. The standard InChI is InChI=1S/C45H38N2/c1-45(2)39-17-9-6-14-33(39)36-28-32(22-23-40(36)45)47-42-19-11-8-16-35(42)38-27-30(21-25-44(38)47)29-20-24-43-37(26-29)34-15-7-10-18-41(34)46(43)31-12-4-3-5-13-31/h3-26,30,33,36,39H,27-28H2,1-2H3. The molecule has 0 radical (unpaired) electrons. The summed E-state index contributed by atoms with van der Waals surface area (Å²) in [6.07, 6.45) is 21.3. The van der Waals surface area contributed by atoms with Gasteiger partial charge in [-0.15, -0.1) is 0 Å². The molecule has 1 fully saturated rings. The lowest BCUT2D eigenvalue weighted by molar-refractivity contribution is 0.321. The molecule has 228 valence electrons. The number of fused-ring (bicyclic) bond motifs is 9. The lowest BCUT2D eigenvalue weighted by Crippen LogP contribution is -2.21. The smallest absolute Gasteiger partial charge is 0.0541 e. The third kappa shape index (κ3) is 3.85. The fourth-order valence-electron chi connectivity index (χ4n) is 9.66. The minimum Gasteiger partial charge on any atom is -0.313 e. The molecule has 4 aromatic carbocycles. The maximum atomic E-state index is 2.59. The minimum absolute atomic E-state index is 0.193. The van der Waals surface area contributed by atoms with E-state index >= 15 is 0 Å². The highest BCUT2D eigenvalue weighted by atomic mass is 15.0. The van der Waals surface area contributed by atoms with Crippen molar-refractivity contribution < 1.29 is 0 Å². The van der Waals surface area contributed by atoms with Gasteiger partial charge in [0.2, 0.25) is 0 Å². The van der Waals surface area contributed by atoms with Crippen LogP contribution in [0.25, 0.3) is 50.2 Å². The highest BCUT2D eigenvalue weighted by molar-refractivity contribution is 6.09. The van der Waals surface area contributed by atoms with Gasteiger partial charge in [0.05, 0.1) is 16.6 Å². The summed E-state index contributed by atoms with van der Waals surface area (Å²) < 4.78 is 4.99. The first kappa shape index (κ1) is 27.1. The summed E-state index contributed by atoms with van der Waals surface area (Å²) in [4.78, 5) is 0. The van der Waals surface area contributed by atoms with Gasteiger partial charge in [0.1, 0.15) is 0 Å². The fourth-order valence-corrected chi connectivity index (χ4v) is 9.66. The second-order valence-electron chi connectivity index (χ2n) is 14.5. The molecule has 1 saturated carbocycles. The van der Waals surface area contributed by atoms with Crippen LogP contribution in [-0.2, 0) is 6.42 Å². The average Bonchev–Trinajstić information content (AvgIpc) is 3.71. The Morgan fingerprint density at radius 3 is 2.21 bits per heavy atom. The molecule has 2 heterocycles. The van der Waals surface area contributed by atoms with Crippen LogP contribution in [0.15, 0.2) is 145 Å². The van der Waals surface area contributed by atoms with Crippen molar-refractivity contribution in [2.45, 2.75) is 32.6 Å². The molecule has 0 N–H and O–H groups in total. The van der Waals surface area contributed by atoms with Gasteiger partial charge in [-0.25, -0.2) is 0 Å². The Bertz CT molecular complexity index is 2400. The Hall–Kier alpha value is -5.08. The van der Waals surface area contributed by atoms with Crippen LogP contribution in [0.1, 0.15) is 43.0 Å². The van der Waals surface area contributed by atoms with E-state index in [4.69, 9.17) is 0 Å². The van der Waals surface area contributed by atoms with Crippen molar-refractivity contribution in [1.82, 2.24) is 9.13 Å². The number of rotatable bonds is 3. The maximum Gasteiger partial charge on any atom is 0.0541 e. The molecule has 0 amide bonds. The van der Waals surface area contributed by atoms with E-state index in [1.807, 2.05) is 0 Å². The number of hydrogen-bond donors (Lipinski definition) is 0. The molecule has 6 aromatic rings. The summed E-state index contributed by atoms with van der Waals surface area (Å²) in [5, 5.41) is 4.02. The first-order valence-corrected chi connectivity index (χ1v) is 17.2. The van der Waals surface area contributed by atoms with Crippen molar-refractivity contribution in [3.8, 4) is 5.69 Å². The summed E-state index contributed by atoms with van der Waals surface area (Å²) in [6, 6.07) is 35.8. The Morgan fingerprint density at radius 2 is 1.36 bits per heavy atom. The van der Waals surface area contributed by atoms with Crippen LogP contribution >= 0.6 is 0 Å². The molecule has 4 unspecified atom stereocenters. The summed E-state index contributed by atoms with van der Waals surface area (Å²) in [5.41, 5.74) is 12.5. The first-order valence-electron chi connectivity index (χ1n) is 17.2. The Kier molecular flexibility index (Phi) is 5.74. The SMILES string of the molecule is CC1(C)C2=CC=C(n3c4c(c5ccccc53)CC(c3ccc5c(c3)c3ccccc3n5-c3ccccc3)C=C4)CC2C2C=CC=CC21. The first-order chi connectivity index (χ1) is 23.1. The van der Waals surface area contributed by atoms with Crippen LogP contribution in [0.4, 0.5) is 0 Å². The summed E-state index contributed by atoms with van der Waals surface area (Å²) in [7, 11) is 0. The van der Waals surface area contributed by atoms with Gasteiger partial charge in [0.15, 0.2) is 0 Å². The number of benzene rings is 4. The lowest BCUT2D eigenvalue weighted by atomic mass is 9.75.